The Labute approximate surface area is 113 Å². The maximum Gasteiger partial charge on any atom is 0.442 e. The highest BCUT2D eigenvalue weighted by molar-refractivity contribution is 7.91. The summed E-state index contributed by atoms with van der Waals surface area (Å²) >= 11 is 0. The average Bonchev–Trinajstić information content (AvgIpc) is 3.19. The van der Waals surface area contributed by atoms with E-state index < -0.39 is 21.7 Å². The van der Waals surface area contributed by atoms with E-state index in [1.807, 2.05) is 0 Å². The molecule has 0 saturated heterocycles. The van der Waals surface area contributed by atoms with Gasteiger partial charge in [0.05, 0.1) is 11.0 Å². The minimum atomic E-state index is -4.60. The number of sulfone groups is 1. The summed E-state index contributed by atoms with van der Waals surface area (Å²) in [6.07, 6.45) is -3.32. The Morgan fingerprint density at radius 2 is 1.90 bits per heavy atom. The van der Waals surface area contributed by atoms with Crippen molar-refractivity contribution in [1.82, 2.24) is 0 Å². The van der Waals surface area contributed by atoms with Crippen molar-refractivity contribution in [2.45, 2.75) is 35.7 Å². The number of hydrogen-bond donors (Lipinski definition) is 0. The van der Waals surface area contributed by atoms with E-state index in [0.717, 1.165) is 0 Å². The molecule has 0 atom stereocenters. The van der Waals surface area contributed by atoms with Crippen molar-refractivity contribution in [2.75, 3.05) is 0 Å². The third-order valence-electron chi connectivity index (χ3n) is 3.42. The van der Waals surface area contributed by atoms with E-state index in [9.17, 15) is 21.6 Å². The lowest BCUT2D eigenvalue weighted by Crippen LogP contribution is -2.30. The Morgan fingerprint density at radius 1 is 1.25 bits per heavy atom. The van der Waals surface area contributed by atoms with E-state index in [1.165, 1.54) is 24.3 Å². The lowest BCUT2D eigenvalue weighted by molar-refractivity contribution is -0.166. The maximum absolute atomic E-state index is 12.9. The SMILES string of the molecule is O=S(=O)(Cc1cccc(C2(C(F)(F)F)N=N2)c1)C1CC1. The zero-order valence-electron chi connectivity index (χ0n) is 10.3. The van der Waals surface area contributed by atoms with Gasteiger partial charge in [-0.15, -0.1) is 10.2 Å². The molecule has 0 bridgehead atoms. The number of rotatable bonds is 4. The molecule has 1 aromatic carbocycles. The lowest BCUT2D eigenvalue weighted by atomic mass is 10.0. The summed E-state index contributed by atoms with van der Waals surface area (Å²) in [7, 11) is -3.26. The van der Waals surface area contributed by atoms with Gasteiger partial charge in [-0.3, -0.25) is 0 Å². The van der Waals surface area contributed by atoms with E-state index in [0.29, 0.717) is 18.4 Å². The van der Waals surface area contributed by atoms with Crippen LogP contribution in [-0.4, -0.2) is 19.8 Å². The fraction of sp³-hybridized carbons (Fsp3) is 0.500. The highest BCUT2D eigenvalue weighted by Gasteiger charge is 2.65. The quantitative estimate of drug-likeness (QED) is 0.858. The summed E-state index contributed by atoms with van der Waals surface area (Å²) in [4.78, 5) is 0. The van der Waals surface area contributed by atoms with Gasteiger partial charge in [0.25, 0.3) is 0 Å². The Balaban J connectivity index is 1.87. The van der Waals surface area contributed by atoms with Crippen LogP contribution in [0.1, 0.15) is 24.0 Å². The molecule has 1 fully saturated rings. The molecule has 0 N–H and O–H groups in total. The standard InChI is InChI=1S/C12H11F3N2O2S/c13-12(14,15)11(16-17-11)9-3-1-2-8(6-9)7-20(18,19)10-4-5-10/h1-3,6,10H,4-5,7H2. The van der Waals surface area contributed by atoms with Crippen LogP contribution in [0.4, 0.5) is 13.2 Å². The summed E-state index contributed by atoms with van der Waals surface area (Å²) in [6.45, 7) is 0. The zero-order chi connectivity index (χ0) is 14.6. The highest BCUT2D eigenvalue weighted by Crippen LogP contribution is 2.52. The minimum absolute atomic E-state index is 0.131. The number of hydrogen-bond acceptors (Lipinski definition) is 4. The van der Waals surface area contributed by atoms with Crippen molar-refractivity contribution in [3.63, 3.8) is 0 Å². The van der Waals surface area contributed by atoms with Crippen LogP contribution in [-0.2, 0) is 21.3 Å². The number of nitrogens with zero attached hydrogens (tertiary/aromatic N) is 2. The molecule has 0 spiro atoms. The molecule has 4 nitrogen and oxygen atoms in total. The third-order valence-corrected chi connectivity index (χ3v) is 5.65. The Bertz CT molecular complexity index is 672. The average molecular weight is 304 g/mol. The molecule has 0 aromatic heterocycles. The van der Waals surface area contributed by atoms with Gasteiger partial charge in [0, 0.05) is 5.56 Å². The summed E-state index contributed by atoms with van der Waals surface area (Å²) in [5.74, 6) is -0.237. The zero-order valence-corrected chi connectivity index (χ0v) is 11.1. The molecule has 0 amide bonds. The molecule has 0 radical (unpaired) electrons. The molecule has 8 heteroatoms. The van der Waals surface area contributed by atoms with Crippen molar-refractivity contribution in [2.24, 2.45) is 10.2 Å². The molecular weight excluding hydrogens is 293 g/mol. The molecule has 2 aliphatic rings. The van der Waals surface area contributed by atoms with Crippen LogP contribution < -0.4 is 0 Å². The smallest absolute Gasteiger partial charge is 0.228 e. The van der Waals surface area contributed by atoms with E-state index in [2.05, 4.69) is 10.2 Å². The summed E-state index contributed by atoms with van der Waals surface area (Å²) in [5.41, 5.74) is -2.28. The molecule has 20 heavy (non-hydrogen) atoms. The lowest BCUT2D eigenvalue weighted by Gasteiger charge is -2.15. The number of halogens is 3. The molecule has 1 heterocycles. The summed E-state index contributed by atoms with van der Waals surface area (Å²) < 4.78 is 62.4. The third kappa shape index (κ3) is 2.21. The van der Waals surface area contributed by atoms with Gasteiger partial charge in [-0.25, -0.2) is 8.42 Å². The monoisotopic (exact) mass is 304 g/mol. The molecule has 0 unspecified atom stereocenters. The van der Waals surface area contributed by atoms with Crippen LogP contribution >= 0.6 is 0 Å². The first kappa shape index (κ1) is 13.5. The van der Waals surface area contributed by atoms with Crippen LogP contribution in [0.3, 0.4) is 0 Å². The van der Waals surface area contributed by atoms with Gasteiger partial charge in [-0.1, -0.05) is 18.2 Å². The van der Waals surface area contributed by atoms with Crippen LogP contribution in [0.15, 0.2) is 34.5 Å². The normalized spacial score (nSPS) is 20.9. The predicted octanol–water partition coefficient (Wildman–Crippen LogP) is 2.94. The Morgan fingerprint density at radius 3 is 2.40 bits per heavy atom. The second-order valence-electron chi connectivity index (χ2n) is 5.08. The molecular formula is C12H11F3N2O2S. The van der Waals surface area contributed by atoms with Gasteiger partial charge in [-0.2, -0.15) is 13.2 Å². The highest BCUT2D eigenvalue weighted by atomic mass is 32.2. The van der Waals surface area contributed by atoms with E-state index in [4.69, 9.17) is 0 Å². The van der Waals surface area contributed by atoms with Crippen molar-refractivity contribution in [3.05, 3.63) is 35.4 Å². The topological polar surface area (TPSA) is 58.9 Å². The second-order valence-corrected chi connectivity index (χ2v) is 7.36. The van der Waals surface area contributed by atoms with Gasteiger partial charge in [0.1, 0.15) is 0 Å². The van der Waals surface area contributed by atoms with Crippen molar-refractivity contribution in [1.29, 1.82) is 0 Å². The van der Waals surface area contributed by atoms with Gasteiger partial charge < -0.3 is 0 Å². The molecule has 3 rings (SSSR count). The number of benzene rings is 1. The van der Waals surface area contributed by atoms with Gasteiger partial charge in [-0.05, 0) is 24.5 Å². The Kier molecular flexibility index (Phi) is 2.73. The summed E-state index contributed by atoms with van der Waals surface area (Å²) in [6, 6.07) is 5.41. The van der Waals surface area contributed by atoms with Gasteiger partial charge >= 0.3 is 11.8 Å². The predicted molar refractivity (Wildman–Crippen MR) is 64.7 cm³/mol. The second kappa shape index (κ2) is 4.03. The van der Waals surface area contributed by atoms with Crippen molar-refractivity contribution < 1.29 is 21.6 Å². The van der Waals surface area contributed by atoms with E-state index in [-0.39, 0.29) is 16.6 Å². The van der Waals surface area contributed by atoms with Gasteiger partial charge in [0.2, 0.25) is 0 Å². The van der Waals surface area contributed by atoms with Crippen LogP contribution in [0.2, 0.25) is 0 Å². The summed E-state index contributed by atoms with van der Waals surface area (Å²) in [5, 5.41) is 5.89. The Hall–Kier alpha value is -1.44. The molecule has 1 aliphatic heterocycles. The first-order chi connectivity index (χ1) is 9.25. The number of alkyl halides is 3. The first-order valence-corrected chi connectivity index (χ1v) is 7.78. The van der Waals surface area contributed by atoms with Crippen molar-refractivity contribution >= 4 is 9.84 Å². The fourth-order valence-electron chi connectivity index (χ4n) is 2.10. The van der Waals surface area contributed by atoms with E-state index in [1.54, 1.807) is 0 Å². The molecule has 1 aliphatic carbocycles. The maximum atomic E-state index is 12.9. The van der Waals surface area contributed by atoms with Crippen LogP contribution in [0, 0.1) is 0 Å². The van der Waals surface area contributed by atoms with Gasteiger partial charge in [0.15, 0.2) is 9.84 Å². The first-order valence-electron chi connectivity index (χ1n) is 6.06. The molecule has 108 valence electrons. The largest absolute Gasteiger partial charge is 0.442 e. The minimum Gasteiger partial charge on any atom is -0.228 e. The van der Waals surface area contributed by atoms with Crippen molar-refractivity contribution in [3.8, 4) is 0 Å². The van der Waals surface area contributed by atoms with Crippen LogP contribution in [0.25, 0.3) is 0 Å². The molecule has 1 saturated carbocycles. The van der Waals surface area contributed by atoms with Crippen LogP contribution in [0.5, 0.6) is 0 Å². The fourth-order valence-corrected chi connectivity index (χ4v) is 3.83. The van der Waals surface area contributed by atoms with E-state index >= 15 is 0 Å². The molecule has 1 aromatic rings.